The number of H-pyrrole nitrogens is 1. The van der Waals surface area contributed by atoms with Crippen LogP contribution in [0.25, 0.3) is 33.2 Å². The summed E-state index contributed by atoms with van der Waals surface area (Å²) in [6.07, 6.45) is 3.31. The van der Waals surface area contributed by atoms with Crippen molar-refractivity contribution in [2.24, 2.45) is 0 Å². The van der Waals surface area contributed by atoms with Crippen molar-refractivity contribution in [2.45, 2.75) is 11.8 Å². The average Bonchev–Trinajstić information content (AvgIpc) is 3.39. The highest BCUT2D eigenvalue weighted by molar-refractivity contribution is 7.90. The maximum absolute atomic E-state index is 13.7. The van der Waals surface area contributed by atoms with Crippen molar-refractivity contribution >= 4 is 37.9 Å². The molecule has 160 valence electrons. The van der Waals surface area contributed by atoms with E-state index in [9.17, 15) is 13.2 Å². The second-order valence-corrected chi connectivity index (χ2v) is 9.27. The summed E-state index contributed by atoms with van der Waals surface area (Å²) in [5.74, 6) is -0.441. The van der Waals surface area contributed by atoms with E-state index in [4.69, 9.17) is 4.74 Å². The Morgan fingerprint density at radius 1 is 1.06 bits per heavy atom. The molecule has 0 amide bonds. The Hall–Kier alpha value is -3.91. The van der Waals surface area contributed by atoms with E-state index < -0.39 is 16.0 Å². The van der Waals surface area contributed by atoms with Crippen molar-refractivity contribution in [3.8, 4) is 11.3 Å². The van der Waals surface area contributed by atoms with E-state index in [-0.39, 0.29) is 4.90 Å². The van der Waals surface area contributed by atoms with Crippen LogP contribution >= 0.6 is 0 Å². The molecule has 2 aromatic carbocycles. The number of nitrogens with zero attached hydrogens (tertiary/aromatic N) is 2. The molecule has 5 aromatic rings. The molecule has 0 bridgehead atoms. The van der Waals surface area contributed by atoms with Crippen LogP contribution < -0.4 is 0 Å². The van der Waals surface area contributed by atoms with Gasteiger partial charge in [0.2, 0.25) is 0 Å². The summed E-state index contributed by atoms with van der Waals surface area (Å²) in [4.78, 5) is 19.6. The Balaban J connectivity index is 1.78. The van der Waals surface area contributed by atoms with Crippen LogP contribution in [0.1, 0.15) is 15.9 Å². The van der Waals surface area contributed by atoms with Crippen molar-refractivity contribution in [3.63, 3.8) is 0 Å². The summed E-state index contributed by atoms with van der Waals surface area (Å²) in [5.41, 5.74) is 3.59. The molecular weight excluding hydrogens is 426 g/mol. The molecule has 0 saturated carbocycles. The molecular formula is C24H19N3O4S. The van der Waals surface area contributed by atoms with E-state index in [1.54, 1.807) is 60.9 Å². The van der Waals surface area contributed by atoms with Gasteiger partial charge >= 0.3 is 5.97 Å². The third-order valence-corrected chi connectivity index (χ3v) is 7.18. The number of carbonyl (C=O) groups is 1. The van der Waals surface area contributed by atoms with Crippen molar-refractivity contribution in [3.05, 3.63) is 84.2 Å². The number of hydrogen-bond donors (Lipinski definition) is 1. The van der Waals surface area contributed by atoms with Crippen LogP contribution in [0.15, 0.2) is 78.0 Å². The van der Waals surface area contributed by atoms with Gasteiger partial charge in [0.05, 0.1) is 23.3 Å². The quantitative estimate of drug-likeness (QED) is 0.411. The molecule has 0 atom stereocenters. The van der Waals surface area contributed by atoms with E-state index in [1.807, 2.05) is 19.1 Å². The van der Waals surface area contributed by atoms with Gasteiger partial charge in [-0.05, 0) is 49.4 Å². The second-order valence-electron chi connectivity index (χ2n) is 7.48. The fourth-order valence-corrected chi connectivity index (χ4v) is 5.32. The predicted octanol–water partition coefficient (Wildman–Crippen LogP) is 4.52. The number of nitrogens with one attached hydrogen (secondary N) is 1. The first-order chi connectivity index (χ1) is 15.4. The van der Waals surface area contributed by atoms with Gasteiger partial charge in [-0.2, -0.15) is 0 Å². The summed E-state index contributed by atoms with van der Waals surface area (Å²) in [7, 11) is -2.60. The number of benzene rings is 2. The second kappa shape index (κ2) is 7.35. The number of carbonyl (C=O) groups excluding carboxylic acids is 1. The van der Waals surface area contributed by atoms with Gasteiger partial charge in [-0.25, -0.2) is 22.2 Å². The lowest BCUT2D eigenvalue weighted by Gasteiger charge is -2.11. The highest BCUT2D eigenvalue weighted by Gasteiger charge is 2.26. The zero-order valence-corrected chi connectivity index (χ0v) is 18.2. The van der Waals surface area contributed by atoms with Gasteiger partial charge < -0.3 is 9.72 Å². The van der Waals surface area contributed by atoms with Gasteiger partial charge in [-0.15, -0.1) is 0 Å². The SMILES string of the molecule is COC(=O)c1ccc2c(-c3cc4cccnc4n3S(=O)(=O)c3ccc(C)cc3)c[nH]c2c1. The smallest absolute Gasteiger partial charge is 0.337 e. The summed E-state index contributed by atoms with van der Waals surface area (Å²) < 4.78 is 33.5. The van der Waals surface area contributed by atoms with Crippen LogP contribution in [0.5, 0.6) is 0 Å². The van der Waals surface area contributed by atoms with E-state index in [1.165, 1.54) is 11.1 Å². The molecule has 3 aromatic heterocycles. The van der Waals surface area contributed by atoms with E-state index in [0.717, 1.165) is 10.9 Å². The van der Waals surface area contributed by atoms with E-state index in [0.29, 0.717) is 33.4 Å². The molecule has 32 heavy (non-hydrogen) atoms. The fourth-order valence-electron chi connectivity index (χ4n) is 3.84. The lowest BCUT2D eigenvalue weighted by atomic mass is 10.1. The van der Waals surface area contributed by atoms with Crippen LogP contribution in [0.4, 0.5) is 0 Å². The largest absolute Gasteiger partial charge is 0.465 e. The number of fused-ring (bicyclic) bond motifs is 2. The lowest BCUT2D eigenvalue weighted by Crippen LogP contribution is -2.14. The molecule has 5 rings (SSSR count). The Labute approximate surface area is 184 Å². The zero-order valence-electron chi connectivity index (χ0n) is 17.4. The van der Waals surface area contributed by atoms with Crippen molar-refractivity contribution in [1.82, 2.24) is 13.9 Å². The molecule has 0 aliphatic carbocycles. The molecule has 8 heteroatoms. The number of pyridine rings is 1. The normalized spacial score (nSPS) is 11.8. The van der Waals surface area contributed by atoms with Crippen LogP contribution in [0.3, 0.4) is 0 Å². The molecule has 1 N–H and O–H groups in total. The first kappa shape index (κ1) is 20.0. The lowest BCUT2D eigenvalue weighted by molar-refractivity contribution is 0.0601. The summed E-state index contributed by atoms with van der Waals surface area (Å²) in [6, 6.07) is 17.3. The number of aromatic amines is 1. The molecule has 0 aliphatic rings. The topological polar surface area (TPSA) is 94.0 Å². The van der Waals surface area contributed by atoms with Gasteiger partial charge in [0.15, 0.2) is 5.65 Å². The van der Waals surface area contributed by atoms with Gasteiger partial charge in [0.25, 0.3) is 10.0 Å². The van der Waals surface area contributed by atoms with Gasteiger partial charge in [0, 0.05) is 34.2 Å². The first-order valence-corrected chi connectivity index (χ1v) is 11.3. The zero-order chi connectivity index (χ0) is 22.5. The van der Waals surface area contributed by atoms with Gasteiger partial charge in [-0.1, -0.05) is 23.8 Å². The molecule has 0 fully saturated rings. The Bertz CT molecular complexity index is 1600. The predicted molar refractivity (Wildman–Crippen MR) is 122 cm³/mol. The van der Waals surface area contributed by atoms with Crippen LogP contribution in [0.2, 0.25) is 0 Å². The standard InChI is InChI=1S/C24H19N3O4S/c1-15-5-8-18(9-6-15)32(29,30)27-22(13-16-4-3-11-25-23(16)27)20-14-26-21-12-17(24(28)31-2)7-10-19(20)21/h3-14,26H,1-2H3. The monoisotopic (exact) mass is 445 g/mol. The first-order valence-electron chi connectivity index (χ1n) is 9.88. The third kappa shape index (κ3) is 3.07. The number of aryl methyl sites for hydroxylation is 1. The number of rotatable bonds is 4. The average molecular weight is 446 g/mol. The van der Waals surface area contributed by atoms with Crippen LogP contribution in [-0.2, 0) is 14.8 Å². The Morgan fingerprint density at radius 2 is 1.84 bits per heavy atom. The van der Waals surface area contributed by atoms with Crippen molar-refractivity contribution in [1.29, 1.82) is 0 Å². The number of ether oxygens (including phenoxy) is 1. The number of methoxy groups -OCH3 is 1. The van der Waals surface area contributed by atoms with Gasteiger partial charge in [0.1, 0.15) is 0 Å². The van der Waals surface area contributed by atoms with E-state index in [2.05, 4.69) is 9.97 Å². The minimum atomic E-state index is -3.92. The summed E-state index contributed by atoms with van der Waals surface area (Å²) in [5, 5.41) is 1.49. The van der Waals surface area contributed by atoms with Crippen molar-refractivity contribution in [2.75, 3.05) is 7.11 Å². The Morgan fingerprint density at radius 3 is 2.59 bits per heavy atom. The highest BCUT2D eigenvalue weighted by atomic mass is 32.2. The number of aromatic nitrogens is 3. The molecule has 0 aliphatic heterocycles. The van der Waals surface area contributed by atoms with Gasteiger partial charge in [-0.3, -0.25) is 0 Å². The van der Waals surface area contributed by atoms with E-state index >= 15 is 0 Å². The Kier molecular flexibility index (Phi) is 4.60. The molecule has 0 spiro atoms. The fraction of sp³-hybridized carbons (Fsp3) is 0.0833. The molecule has 7 nitrogen and oxygen atoms in total. The number of esters is 1. The highest BCUT2D eigenvalue weighted by Crippen LogP contribution is 2.35. The number of hydrogen-bond acceptors (Lipinski definition) is 5. The molecule has 0 radical (unpaired) electrons. The molecule has 3 heterocycles. The van der Waals surface area contributed by atoms with Crippen molar-refractivity contribution < 1.29 is 17.9 Å². The molecule has 0 unspecified atom stereocenters. The third-order valence-electron chi connectivity index (χ3n) is 5.46. The minimum Gasteiger partial charge on any atom is -0.465 e. The van der Waals surface area contributed by atoms with Crippen LogP contribution in [-0.4, -0.2) is 35.4 Å². The molecule has 0 saturated heterocycles. The maximum atomic E-state index is 13.7. The summed E-state index contributed by atoms with van der Waals surface area (Å²) >= 11 is 0. The maximum Gasteiger partial charge on any atom is 0.337 e. The minimum absolute atomic E-state index is 0.181. The van der Waals surface area contributed by atoms with Crippen LogP contribution in [0, 0.1) is 6.92 Å². The summed E-state index contributed by atoms with van der Waals surface area (Å²) in [6.45, 7) is 1.91.